The average molecular weight is 616 g/mol. The zero-order chi connectivity index (χ0) is 30.4. The van der Waals surface area contributed by atoms with Gasteiger partial charge in [-0.05, 0) is 47.5 Å². The third-order valence-electron chi connectivity index (χ3n) is 7.08. The van der Waals surface area contributed by atoms with E-state index in [0.717, 1.165) is 13.1 Å². The summed E-state index contributed by atoms with van der Waals surface area (Å²) >= 11 is 10.9. The molecule has 2 heterocycles. The first-order valence-corrected chi connectivity index (χ1v) is 14.3. The van der Waals surface area contributed by atoms with Gasteiger partial charge in [-0.1, -0.05) is 17.7 Å². The third-order valence-corrected chi connectivity index (χ3v) is 7.89. The number of nitrogens with zero attached hydrogens (tertiary/aromatic N) is 5. The number of aromatic nitrogens is 1. The van der Waals surface area contributed by atoms with Crippen molar-refractivity contribution in [3.05, 3.63) is 71.9 Å². The summed E-state index contributed by atoms with van der Waals surface area (Å²) < 4.78 is 14.9. The molecule has 3 N–H and O–H groups in total. The number of aliphatic hydroxyl groups is 2. The van der Waals surface area contributed by atoms with Crippen LogP contribution in [0.5, 0.6) is 5.75 Å². The molecule has 2 aromatic carbocycles. The Morgan fingerprint density at radius 3 is 2.33 bits per heavy atom. The monoisotopic (exact) mass is 615 g/mol. The number of phenols is 1. The molecular weight excluding hydrogens is 581 g/mol. The molecule has 0 spiro atoms. The van der Waals surface area contributed by atoms with E-state index < -0.39 is 11.9 Å². The number of hydrogen-bond acceptors (Lipinski definition) is 9. The lowest BCUT2D eigenvalue weighted by Crippen LogP contribution is -2.49. The van der Waals surface area contributed by atoms with E-state index in [-0.39, 0.29) is 28.2 Å². The summed E-state index contributed by atoms with van der Waals surface area (Å²) in [6.45, 7) is 3.03. The minimum atomic E-state index is -0.876. The number of aliphatic hydroxyl groups excluding tert-OH is 2. The van der Waals surface area contributed by atoms with Gasteiger partial charge in [0.1, 0.15) is 17.4 Å². The first kappa shape index (κ1) is 31.6. The summed E-state index contributed by atoms with van der Waals surface area (Å²) in [5.74, 6) is 0.0614. The SMILES string of the molecule is CN(C)/C=C\N(C=O)c1ccc(-c2cc(F)cc(-c3ccnc(N4CCN(CC(S)C(O)CO)CC4)c3)c2O)cc1Cl. The van der Waals surface area contributed by atoms with Crippen molar-refractivity contribution in [3.8, 4) is 28.0 Å². The highest BCUT2D eigenvalue weighted by atomic mass is 35.5. The topological polar surface area (TPSA) is 104 Å². The molecule has 2 atom stereocenters. The standard InChI is InChI=1S/C30H35ClFN5O4S/c1-34(2)7-10-37(19-39)26-4-3-20(13-25(26)31)23-15-22(32)16-24(30(23)41)21-5-6-33-29(14-21)36-11-8-35(9-12-36)17-28(42)27(40)18-38/h3-7,10,13-16,19,27-28,38,40-42H,8-9,11-12,17-18H2,1-2H3/b10-7-. The Bertz CT molecular complexity index is 1420. The van der Waals surface area contributed by atoms with Crippen molar-refractivity contribution in [2.24, 2.45) is 0 Å². The van der Waals surface area contributed by atoms with Crippen molar-refractivity contribution in [2.45, 2.75) is 11.4 Å². The number of aromatic hydroxyl groups is 1. The molecular formula is C30H35ClFN5O4S. The van der Waals surface area contributed by atoms with Gasteiger partial charge in [0, 0.05) is 81.8 Å². The van der Waals surface area contributed by atoms with Crippen LogP contribution in [0.1, 0.15) is 0 Å². The van der Waals surface area contributed by atoms with Gasteiger partial charge in [0.15, 0.2) is 0 Å². The van der Waals surface area contributed by atoms with E-state index in [1.807, 2.05) is 20.2 Å². The number of thiol groups is 1. The number of piperazine rings is 1. The van der Waals surface area contributed by atoms with Crippen molar-refractivity contribution >= 4 is 42.1 Å². The van der Waals surface area contributed by atoms with Gasteiger partial charge in [-0.3, -0.25) is 14.6 Å². The molecule has 1 aliphatic rings. The highest BCUT2D eigenvalue weighted by Gasteiger charge is 2.23. The van der Waals surface area contributed by atoms with Gasteiger partial charge in [0.25, 0.3) is 0 Å². The van der Waals surface area contributed by atoms with Crippen LogP contribution in [0.2, 0.25) is 5.02 Å². The van der Waals surface area contributed by atoms with E-state index in [2.05, 4.69) is 27.4 Å². The largest absolute Gasteiger partial charge is 0.507 e. The summed E-state index contributed by atoms with van der Waals surface area (Å²) in [5.41, 5.74) is 2.11. The molecule has 9 nitrogen and oxygen atoms in total. The maximum Gasteiger partial charge on any atom is 0.218 e. The van der Waals surface area contributed by atoms with Crippen LogP contribution in [0, 0.1) is 5.82 Å². The van der Waals surface area contributed by atoms with Crippen molar-refractivity contribution in [1.29, 1.82) is 0 Å². The Morgan fingerprint density at radius 1 is 1.07 bits per heavy atom. The molecule has 4 rings (SSSR count). The van der Waals surface area contributed by atoms with Gasteiger partial charge < -0.3 is 25.1 Å². The highest BCUT2D eigenvalue weighted by Crippen LogP contribution is 2.41. The van der Waals surface area contributed by atoms with E-state index in [4.69, 9.17) is 16.7 Å². The Hall–Kier alpha value is -3.35. The molecule has 0 radical (unpaired) electrons. The Morgan fingerprint density at radius 2 is 1.74 bits per heavy atom. The first-order valence-electron chi connectivity index (χ1n) is 13.4. The number of phenolic OH excluding ortho intramolecular Hbond substituents is 1. The van der Waals surface area contributed by atoms with Crippen molar-refractivity contribution in [1.82, 2.24) is 14.8 Å². The van der Waals surface area contributed by atoms with Crippen LogP contribution in [0.3, 0.4) is 0 Å². The van der Waals surface area contributed by atoms with Crippen molar-refractivity contribution in [2.75, 3.05) is 63.2 Å². The fourth-order valence-corrected chi connectivity index (χ4v) is 5.33. The molecule has 0 bridgehead atoms. The zero-order valence-corrected chi connectivity index (χ0v) is 25.1. The van der Waals surface area contributed by atoms with Crippen LogP contribution in [0.4, 0.5) is 15.9 Å². The summed E-state index contributed by atoms with van der Waals surface area (Å²) in [5, 5.41) is 30.2. The van der Waals surface area contributed by atoms with Crippen molar-refractivity contribution < 1.29 is 24.5 Å². The number of anilines is 2. The second kappa shape index (κ2) is 14.2. The van der Waals surface area contributed by atoms with Crippen LogP contribution in [-0.2, 0) is 4.79 Å². The lowest BCUT2D eigenvalue weighted by atomic mass is 9.97. The molecule has 12 heteroatoms. The minimum Gasteiger partial charge on any atom is -0.507 e. The maximum atomic E-state index is 14.9. The van der Waals surface area contributed by atoms with Gasteiger partial charge in [0.2, 0.25) is 6.41 Å². The van der Waals surface area contributed by atoms with Gasteiger partial charge in [0.05, 0.1) is 23.4 Å². The zero-order valence-electron chi connectivity index (χ0n) is 23.4. The fourth-order valence-electron chi connectivity index (χ4n) is 4.73. The first-order chi connectivity index (χ1) is 20.1. The predicted molar refractivity (Wildman–Crippen MR) is 168 cm³/mol. The Labute approximate surface area is 255 Å². The van der Waals surface area contributed by atoms with Gasteiger partial charge >= 0.3 is 0 Å². The van der Waals surface area contributed by atoms with E-state index in [0.29, 0.717) is 54.2 Å². The second-order valence-corrected chi connectivity index (χ2v) is 11.4. The van der Waals surface area contributed by atoms with Crippen molar-refractivity contribution in [3.63, 3.8) is 0 Å². The number of hydrogen-bond donors (Lipinski definition) is 4. The van der Waals surface area contributed by atoms with Gasteiger partial charge in [-0.2, -0.15) is 12.6 Å². The number of pyridine rings is 1. The lowest BCUT2D eigenvalue weighted by Gasteiger charge is -2.37. The van der Waals surface area contributed by atoms with Crippen LogP contribution < -0.4 is 9.80 Å². The normalized spacial score (nSPS) is 15.5. The fraction of sp³-hybridized carbons (Fsp3) is 0.333. The van der Waals surface area contributed by atoms with E-state index in [1.54, 1.807) is 47.8 Å². The molecule has 1 fully saturated rings. The molecule has 42 heavy (non-hydrogen) atoms. The third kappa shape index (κ3) is 7.53. The average Bonchev–Trinajstić information content (AvgIpc) is 2.98. The summed E-state index contributed by atoms with van der Waals surface area (Å²) in [7, 11) is 3.65. The summed E-state index contributed by atoms with van der Waals surface area (Å²) in [6, 6.07) is 11.0. The van der Waals surface area contributed by atoms with E-state index in [1.165, 1.54) is 17.0 Å². The number of carbonyl (C=O) groups excluding carboxylic acids is 1. The maximum absolute atomic E-state index is 14.9. The minimum absolute atomic E-state index is 0.107. The predicted octanol–water partition coefficient (Wildman–Crippen LogP) is 3.68. The number of amides is 1. The van der Waals surface area contributed by atoms with Gasteiger partial charge in [-0.25, -0.2) is 9.37 Å². The van der Waals surface area contributed by atoms with E-state index in [9.17, 15) is 19.4 Å². The Balaban J connectivity index is 1.56. The smallest absolute Gasteiger partial charge is 0.218 e. The Kier molecular flexibility index (Phi) is 10.7. The molecule has 0 aliphatic carbocycles. The van der Waals surface area contributed by atoms with Crippen LogP contribution >= 0.6 is 24.2 Å². The molecule has 1 saturated heterocycles. The quantitative estimate of drug-likeness (QED) is 0.191. The van der Waals surface area contributed by atoms with E-state index >= 15 is 0 Å². The highest BCUT2D eigenvalue weighted by molar-refractivity contribution is 7.81. The molecule has 3 aromatic rings. The second-order valence-electron chi connectivity index (χ2n) is 10.3. The lowest BCUT2D eigenvalue weighted by molar-refractivity contribution is -0.107. The number of halogens is 2. The molecule has 0 saturated carbocycles. The van der Waals surface area contributed by atoms with Gasteiger partial charge in [-0.15, -0.1) is 0 Å². The van der Waals surface area contributed by atoms with Crippen LogP contribution in [0.15, 0.2) is 61.1 Å². The molecule has 224 valence electrons. The number of carbonyl (C=O) groups is 1. The summed E-state index contributed by atoms with van der Waals surface area (Å²) in [4.78, 5) is 23.5. The molecule has 2 unspecified atom stereocenters. The number of rotatable bonds is 11. The molecule has 1 amide bonds. The molecule has 1 aliphatic heterocycles. The summed E-state index contributed by atoms with van der Waals surface area (Å²) in [6.07, 6.45) is 4.67. The van der Waals surface area contributed by atoms with Crippen LogP contribution in [0.25, 0.3) is 22.3 Å². The number of benzene rings is 2. The van der Waals surface area contributed by atoms with Crippen LogP contribution in [-0.4, -0.2) is 101 Å². The molecule has 1 aromatic heterocycles.